The molecule has 234 valence electrons. The van der Waals surface area contributed by atoms with Crippen molar-refractivity contribution < 1.29 is 19.1 Å². The van der Waals surface area contributed by atoms with Crippen LogP contribution >= 0.6 is 0 Å². The summed E-state index contributed by atoms with van der Waals surface area (Å²) in [5, 5.41) is 0.600. The number of ether oxygens (including phenoxy) is 1. The van der Waals surface area contributed by atoms with Crippen LogP contribution in [0.5, 0.6) is 5.75 Å². The fourth-order valence-corrected chi connectivity index (χ4v) is 5.76. The Bertz CT molecular complexity index is 1380. The van der Waals surface area contributed by atoms with E-state index in [1.807, 2.05) is 51.3 Å². The SMILES string of the molecule is CC.CC.COc1cc2c(cc1C(=O)N1CCC(Cc3ccc(C)cc3)CC1)c(C(=O)C(=O)N1CCN(C)CC1)cn2C. The largest absolute Gasteiger partial charge is 0.496 e. The lowest BCUT2D eigenvalue weighted by molar-refractivity contribution is -0.127. The van der Waals surface area contributed by atoms with Crippen molar-refractivity contribution in [3.05, 3.63) is 64.8 Å². The molecule has 2 fully saturated rings. The van der Waals surface area contributed by atoms with Crippen LogP contribution in [0.15, 0.2) is 42.6 Å². The van der Waals surface area contributed by atoms with Crippen LogP contribution < -0.4 is 4.74 Å². The molecule has 0 radical (unpaired) electrons. The van der Waals surface area contributed by atoms with E-state index in [4.69, 9.17) is 4.74 Å². The second-order valence-electron chi connectivity index (χ2n) is 11.1. The number of piperidine rings is 1. The molecule has 0 atom stereocenters. The van der Waals surface area contributed by atoms with Crippen LogP contribution in [0.1, 0.15) is 72.4 Å². The van der Waals surface area contributed by atoms with Crippen LogP contribution in [-0.4, -0.2) is 90.3 Å². The van der Waals surface area contributed by atoms with Crippen molar-refractivity contribution in [3.8, 4) is 5.75 Å². The fraction of sp³-hybridized carbons (Fsp3) is 0.514. The molecule has 2 aromatic carbocycles. The Kier molecular flexibility index (Phi) is 12.4. The van der Waals surface area contributed by atoms with E-state index in [1.165, 1.54) is 11.1 Å². The highest BCUT2D eigenvalue weighted by Crippen LogP contribution is 2.32. The number of nitrogens with zero attached hydrogens (tertiary/aromatic N) is 4. The van der Waals surface area contributed by atoms with Crippen LogP contribution in [0.25, 0.3) is 10.9 Å². The minimum absolute atomic E-state index is 0.102. The number of fused-ring (bicyclic) bond motifs is 1. The van der Waals surface area contributed by atoms with Crippen molar-refractivity contribution in [2.75, 3.05) is 53.4 Å². The van der Waals surface area contributed by atoms with E-state index >= 15 is 0 Å². The quantitative estimate of drug-likeness (QED) is 0.276. The van der Waals surface area contributed by atoms with Gasteiger partial charge in [-0.05, 0) is 50.8 Å². The number of hydrogen-bond acceptors (Lipinski definition) is 5. The van der Waals surface area contributed by atoms with E-state index in [0.717, 1.165) is 37.9 Å². The third-order valence-electron chi connectivity index (χ3n) is 8.32. The summed E-state index contributed by atoms with van der Waals surface area (Å²) < 4.78 is 7.44. The first-order valence-electron chi connectivity index (χ1n) is 15.8. The highest BCUT2D eigenvalue weighted by molar-refractivity contribution is 6.45. The van der Waals surface area contributed by atoms with Crippen molar-refractivity contribution in [3.63, 3.8) is 0 Å². The van der Waals surface area contributed by atoms with E-state index in [9.17, 15) is 14.4 Å². The van der Waals surface area contributed by atoms with Gasteiger partial charge in [-0.3, -0.25) is 14.4 Å². The maximum absolute atomic E-state index is 13.7. The summed E-state index contributed by atoms with van der Waals surface area (Å²) in [6.07, 6.45) is 4.59. The van der Waals surface area contributed by atoms with Crippen LogP contribution in [0.3, 0.4) is 0 Å². The molecule has 3 aromatic rings. The molecular formula is C35H50N4O4. The number of piperazine rings is 1. The second kappa shape index (κ2) is 15.7. The number of rotatable bonds is 6. The van der Waals surface area contributed by atoms with Gasteiger partial charge in [0.05, 0.1) is 23.8 Å². The molecule has 2 saturated heterocycles. The zero-order chi connectivity index (χ0) is 31.7. The molecular weight excluding hydrogens is 540 g/mol. The van der Waals surface area contributed by atoms with E-state index in [2.05, 4.69) is 36.1 Å². The molecule has 43 heavy (non-hydrogen) atoms. The number of hydrogen-bond donors (Lipinski definition) is 0. The van der Waals surface area contributed by atoms with Gasteiger partial charge in [-0.1, -0.05) is 57.5 Å². The third-order valence-corrected chi connectivity index (χ3v) is 8.32. The van der Waals surface area contributed by atoms with Crippen LogP contribution in [0.4, 0.5) is 0 Å². The molecule has 0 bridgehead atoms. The summed E-state index contributed by atoms with van der Waals surface area (Å²) in [6, 6.07) is 12.2. The molecule has 3 heterocycles. The number of methoxy groups -OCH3 is 1. The van der Waals surface area contributed by atoms with Gasteiger partial charge in [-0.25, -0.2) is 0 Å². The molecule has 8 heteroatoms. The van der Waals surface area contributed by atoms with E-state index in [-0.39, 0.29) is 5.91 Å². The van der Waals surface area contributed by atoms with Gasteiger partial charge >= 0.3 is 0 Å². The number of likely N-dealkylation sites (tertiary alicyclic amines) is 1. The zero-order valence-electron chi connectivity index (χ0n) is 27.4. The first-order chi connectivity index (χ1) is 20.7. The lowest BCUT2D eigenvalue weighted by atomic mass is 9.89. The predicted octanol–water partition coefficient (Wildman–Crippen LogP) is 5.60. The first kappa shape index (κ1) is 33.8. The monoisotopic (exact) mass is 590 g/mol. The van der Waals surface area contributed by atoms with Gasteiger partial charge in [0.2, 0.25) is 0 Å². The number of carbonyl (C=O) groups is 3. The Morgan fingerprint density at radius 3 is 2.00 bits per heavy atom. The summed E-state index contributed by atoms with van der Waals surface area (Å²) in [5.41, 5.74) is 4.09. The molecule has 0 unspecified atom stereocenters. The van der Waals surface area contributed by atoms with Crippen molar-refractivity contribution in [1.29, 1.82) is 0 Å². The molecule has 5 rings (SSSR count). The van der Waals surface area contributed by atoms with Crippen molar-refractivity contribution in [1.82, 2.24) is 19.3 Å². The maximum Gasteiger partial charge on any atom is 0.295 e. The average Bonchev–Trinajstić information content (AvgIpc) is 3.38. The Hall–Kier alpha value is -3.65. The van der Waals surface area contributed by atoms with Gasteiger partial charge in [0.1, 0.15) is 5.75 Å². The molecule has 0 saturated carbocycles. The number of benzene rings is 2. The minimum Gasteiger partial charge on any atom is -0.496 e. The molecule has 0 aliphatic carbocycles. The molecule has 8 nitrogen and oxygen atoms in total. The zero-order valence-corrected chi connectivity index (χ0v) is 27.4. The van der Waals surface area contributed by atoms with Gasteiger partial charge in [0.15, 0.2) is 0 Å². The Morgan fingerprint density at radius 2 is 1.42 bits per heavy atom. The first-order valence-corrected chi connectivity index (χ1v) is 15.8. The van der Waals surface area contributed by atoms with Crippen molar-refractivity contribution >= 4 is 28.5 Å². The summed E-state index contributed by atoms with van der Waals surface area (Å²) in [5.74, 6) is -0.115. The topological polar surface area (TPSA) is 75.1 Å². The van der Waals surface area contributed by atoms with Gasteiger partial charge < -0.3 is 24.0 Å². The Balaban J connectivity index is 0.00000121. The molecule has 0 spiro atoms. The number of Topliss-reactive ketones (excluding diaryl/α,β-unsaturated/α-hetero) is 1. The predicted molar refractivity (Wildman–Crippen MR) is 174 cm³/mol. The normalized spacial score (nSPS) is 15.7. The lowest BCUT2D eigenvalue weighted by Gasteiger charge is -2.32. The summed E-state index contributed by atoms with van der Waals surface area (Å²) in [4.78, 5) is 45.8. The highest BCUT2D eigenvalue weighted by atomic mass is 16.5. The maximum atomic E-state index is 13.7. The van der Waals surface area contributed by atoms with Crippen LogP contribution in [-0.2, 0) is 18.3 Å². The second-order valence-corrected chi connectivity index (χ2v) is 11.1. The lowest BCUT2D eigenvalue weighted by Crippen LogP contribution is -2.49. The van der Waals surface area contributed by atoms with E-state index in [1.54, 1.807) is 30.3 Å². The van der Waals surface area contributed by atoms with Crippen molar-refractivity contribution in [2.45, 2.75) is 53.9 Å². The molecule has 0 N–H and O–H groups in total. The molecule has 2 amide bonds. The van der Waals surface area contributed by atoms with Gasteiger partial charge in [-0.2, -0.15) is 0 Å². The van der Waals surface area contributed by atoms with Crippen LogP contribution in [0.2, 0.25) is 0 Å². The average molecular weight is 591 g/mol. The molecule has 1 aromatic heterocycles. The van der Waals surface area contributed by atoms with Gasteiger partial charge in [0, 0.05) is 64.0 Å². The smallest absolute Gasteiger partial charge is 0.295 e. The number of carbonyl (C=O) groups excluding carboxylic acids is 3. The van der Waals surface area contributed by atoms with Gasteiger partial charge in [-0.15, -0.1) is 0 Å². The molecule has 2 aliphatic heterocycles. The Labute approximate surface area is 257 Å². The number of likely N-dealkylation sites (N-methyl/N-ethyl adjacent to an activating group) is 1. The van der Waals surface area contributed by atoms with E-state index in [0.29, 0.717) is 54.4 Å². The van der Waals surface area contributed by atoms with Crippen LogP contribution in [0, 0.1) is 12.8 Å². The third kappa shape index (κ3) is 7.85. The number of amides is 2. The summed E-state index contributed by atoms with van der Waals surface area (Å²) in [6.45, 7) is 14.0. The molecule has 2 aliphatic rings. The fourth-order valence-electron chi connectivity index (χ4n) is 5.76. The minimum atomic E-state index is -0.536. The van der Waals surface area contributed by atoms with E-state index < -0.39 is 11.7 Å². The number of ketones is 1. The highest BCUT2D eigenvalue weighted by Gasteiger charge is 2.30. The van der Waals surface area contributed by atoms with Gasteiger partial charge in [0.25, 0.3) is 17.6 Å². The summed E-state index contributed by atoms with van der Waals surface area (Å²) in [7, 11) is 5.39. The van der Waals surface area contributed by atoms with Crippen molar-refractivity contribution in [2.24, 2.45) is 13.0 Å². The summed E-state index contributed by atoms with van der Waals surface area (Å²) >= 11 is 0. The number of aromatic nitrogens is 1. The Morgan fingerprint density at radius 1 is 0.814 bits per heavy atom. The number of aryl methyl sites for hydroxylation is 2. The standard InChI is InChI=1S/C31H38N4O4.2C2H6/c1-21-5-7-22(8-6-21)17-23-9-11-34(12-10-23)30(37)25-18-24-26(20-33(3)27(24)19-28(25)39-4)29(36)31(38)35-15-13-32(2)14-16-35;2*1-2/h5-8,18-20,23H,9-17H2,1-4H3;2*1-2H3.